The molecule has 3 heterocycles. The van der Waals surface area contributed by atoms with E-state index >= 15 is 0 Å². The first-order valence-electron chi connectivity index (χ1n) is 6.87. The fourth-order valence-corrected chi connectivity index (χ4v) is 2.35. The minimum atomic E-state index is -4.40. The summed E-state index contributed by atoms with van der Waals surface area (Å²) in [7, 11) is 2.19. The summed E-state index contributed by atoms with van der Waals surface area (Å²) in [6, 6.07) is 0. The van der Waals surface area contributed by atoms with E-state index < -0.39 is 12.0 Å². The molecule has 1 N–H and O–H groups in total. The van der Waals surface area contributed by atoms with E-state index in [1.165, 1.54) is 32.4 Å². The highest BCUT2D eigenvalue weighted by Gasteiger charge is 2.38. The van der Waals surface area contributed by atoms with Gasteiger partial charge in [0.05, 0.1) is 6.54 Å². The summed E-state index contributed by atoms with van der Waals surface area (Å²) in [5, 5.41) is 9.49. The summed E-state index contributed by atoms with van der Waals surface area (Å²) >= 11 is 0. The van der Waals surface area contributed by atoms with E-state index in [-0.39, 0.29) is 6.54 Å². The molecule has 0 unspecified atom stereocenters. The average Bonchev–Trinajstić information content (AvgIpc) is 2.84. The lowest BCUT2D eigenvalue weighted by Crippen LogP contribution is -2.30. The Kier molecular flexibility index (Phi) is 4.98. The molecule has 0 atom stereocenters. The molecule has 0 spiro atoms. The molecule has 0 saturated carbocycles. The third-order valence-electron chi connectivity index (χ3n) is 3.46. The van der Waals surface area contributed by atoms with E-state index in [9.17, 15) is 13.2 Å². The first-order chi connectivity index (χ1) is 9.48. The summed E-state index contributed by atoms with van der Waals surface area (Å²) in [5.74, 6) is -0.553. The summed E-state index contributed by atoms with van der Waals surface area (Å²) < 4.78 is 37.9. The van der Waals surface area contributed by atoms with Gasteiger partial charge in [0.1, 0.15) is 5.82 Å². The van der Waals surface area contributed by atoms with Gasteiger partial charge in [0.25, 0.3) is 0 Å². The van der Waals surface area contributed by atoms with Gasteiger partial charge in [-0.2, -0.15) is 13.2 Å². The molecular formula is C12H20F3N5. The minimum absolute atomic E-state index is 0.275. The molecule has 0 amide bonds. The zero-order valence-electron chi connectivity index (χ0n) is 11.6. The van der Waals surface area contributed by atoms with Crippen LogP contribution in [0.5, 0.6) is 0 Å². The number of likely N-dealkylation sites (tertiary alicyclic amines) is 1. The smallest absolute Gasteiger partial charge is 0.308 e. The van der Waals surface area contributed by atoms with Crippen LogP contribution in [0.15, 0.2) is 0 Å². The lowest BCUT2D eigenvalue weighted by Gasteiger charge is -2.20. The van der Waals surface area contributed by atoms with Crippen molar-refractivity contribution in [1.29, 1.82) is 0 Å². The lowest BCUT2D eigenvalue weighted by molar-refractivity contribution is -0.147. The number of hydrogen-bond donors (Lipinski definition) is 1. The summed E-state index contributed by atoms with van der Waals surface area (Å²) in [6.07, 6.45) is -0.125. The number of fused-ring (bicyclic) bond motifs is 1. The number of halogens is 3. The molecule has 0 aromatic carbocycles. The Hall–Kier alpha value is -1.15. The molecule has 1 aromatic heterocycles. The van der Waals surface area contributed by atoms with E-state index in [0.29, 0.717) is 18.9 Å². The van der Waals surface area contributed by atoms with Crippen molar-refractivity contribution in [2.75, 3.05) is 26.7 Å². The number of nitrogens with zero attached hydrogens (tertiary/aromatic N) is 4. The SMILES string of the molecule is CN1CCCCC1.FC(F)(F)c1nnc2n1CCNC2. The highest BCUT2D eigenvalue weighted by molar-refractivity contribution is 5.01. The summed E-state index contributed by atoms with van der Waals surface area (Å²) in [4.78, 5) is 2.39. The first-order valence-corrected chi connectivity index (χ1v) is 6.87. The zero-order chi connectivity index (χ0) is 14.6. The molecular weight excluding hydrogens is 271 g/mol. The third-order valence-corrected chi connectivity index (χ3v) is 3.46. The van der Waals surface area contributed by atoms with Gasteiger partial charge in [-0.3, -0.25) is 0 Å². The normalized spacial score (nSPS) is 20.0. The van der Waals surface area contributed by atoms with Crippen molar-refractivity contribution in [3.05, 3.63) is 11.6 Å². The quantitative estimate of drug-likeness (QED) is 0.787. The zero-order valence-corrected chi connectivity index (χ0v) is 11.6. The number of piperidine rings is 1. The van der Waals surface area contributed by atoms with Gasteiger partial charge < -0.3 is 14.8 Å². The largest absolute Gasteiger partial charge is 0.451 e. The maximum atomic E-state index is 12.3. The maximum absolute atomic E-state index is 12.3. The van der Waals surface area contributed by atoms with Crippen LogP contribution in [0.2, 0.25) is 0 Å². The molecule has 2 aliphatic heterocycles. The van der Waals surface area contributed by atoms with Gasteiger partial charge in [0.2, 0.25) is 5.82 Å². The monoisotopic (exact) mass is 291 g/mol. The molecule has 2 aliphatic rings. The van der Waals surface area contributed by atoms with Gasteiger partial charge in [0, 0.05) is 13.1 Å². The van der Waals surface area contributed by atoms with E-state index in [1.807, 2.05) is 0 Å². The van der Waals surface area contributed by atoms with Crippen LogP contribution in [0, 0.1) is 0 Å². The molecule has 1 saturated heterocycles. The molecule has 8 heteroatoms. The predicted molar refractivity (Wildman–Crippen MR) is 68.1 cm³/mol. The van der Waals surface area contributed by atoms with E-state index in [1.54, 1.807) is 0 Å². The second-order valence-corrected chi connectivity index (χ2v) is 5.13. The Morgan fingerprint density at radius 1 is 1.05 bits per heavy atom. The summed E-state index contributed by atoms with van der Waals surface area (Å²) in [6.45, 7) is 3.79. The molecule has 114 valence electrons. The van der Waals surface area contributed by atoms with Crippen molar-refractivity contribution in [3.8, 4) is 0 Å². The number of nitrogens with one attached hydrogen (secondary N) is 1. The Labute approximate surface area is 116 Å². The van der Waals surface area contributed by atoms with E-state index in [4.69, 9.17) is 0 Å². The number of aromatic nitrogens is 3. The van der Waals surface area contributed by atoms with Crippen LogP contribution < -0.4 is 5.32 Å². The molecule has 1 aromatic rings. The van der Waals surface area contributed by atoms with Crippen molar-refractivity contribution < 1.29 is 13.2 Å². The fraction of sp³-hybridized carbons (Fsp3) is 0.833. The van der Waals surface area contributed by atoms with Crippen LogP contribution in [-0.2, 0) is 19.3 Å². The second kappa shape index (κ2) is 6.53. The first kappa shape index (κ1) is 15.2. The van der Waals surface area contributed by atoms with Gasteiger partial charge in [-0.1, -0.05) is 6.42 Å². The van der Waals surface area contributed by atoms with Crippen molar-refractivity contribution in [3.63, 3.8) is 0 Å². The predicted octanol–water partition coefficient (Wildman–Crippen LogP) is 1.50. The molecule has 1 fully saturated rings. The van der Waals surface area contributed by atoms with Crippen LogP contribution in [0.4, 0.5) is 13.2 Å². The van der Waals surface area contributed by atoms with Gasteiger partial charge in [-0.15, -0.1) is 10.2 Å². The fourth-order valence-electron chi connectivity index (χ4n) is 2.35. The number of alkyl halides is 3. The van der Waals surface area contributed by atoms with Crippen molar-refractivity contribution >= 4 is 0 Å². The Balaban J connectivity index is 0.000000178. The standard InChI is InChI=1S/C6H7F3N4.C6H13N/c7-6(8,9)5-12-11-4-3-10-1-2-13(4)5;1-7-5-3-2-4-6-7/h10H,1-3H2;2-6H2,1H3. The maximum Gasteiger partial charge on any atom is 0.451 e. The lowest BCUT2D eigenvalue weighted by atomic mass is 10.1. The molecule has 0 aliphatic carbocycles. The van der Waals surface area contributed by atoms with Gasteiger partial charge in [-0.05, 0) is 33.0 Å². The van der Waals surface area contributed by atoms with Gasteiger partial charge in [-0.25, -0.2) is 0 Å². The highest BCUT2D eigenvalue weighted by Crippen LogP contribution is 2.28. The van der Waals surface area contributed by atoms with E-state index in [2.05, 4.69) is 27.5 Å². The topological polar surface area (TPSA) is 46.0 Å². The van der Waals surface area contributed by atoms with Crippen molar-refractivity contribution in [2.24, 2.45) is 0 Å². The average molecular weight is 291 g/mol. The molecule has 0 bridgehead atoms. The molecule has 3 rings (SSSR count). The summed E-state index contributed by atoms with van der Waals surface area (Å²) in [5.41, 5.74) is 0. The van der Waals surface area contributed by atoms with Crippen LogP contribution in [0.1, 0.15) is 30.9 Å². The van der Waals surface area contributed by atoms with Gasteiger partial charge in [0.15, 0.2) is 0 Å². The number of hydrogen-bond acceptors (Lipinski definition) is 4. The van der Waals surface area contributed by atoms with Crippen molar-refractivity contribution in [2.45, 2.75) is 38.5 Å². The Morgan fingerprint density at radius 2 is 1.75 bits per heavy atom. The Bertz CT molecular complexity index is 423. The molecule has 20 heavy (non-hydrogen) atoms. The van der Waals surface area contributed by atoms with Crippen LogP contribution in [0.3, 0.4) is 0 Å². The minimum Gasteiger partial charge on any atom is -0.308 e. The third kappa shape index (κ3) is 3.92. The van der Waals surface area contributed by atoms with Crippen LogP contribution in [-0.4, -0.2) is 46.3 Å². The molecule has 0 radical (unpaired) electrons. The Morgan fingerprint density at radius 3 is 2.30 bits per heavy atom. The molecule has 5 nitrogen and oxygen atoms in total. The van der Waals surface area contributed by atoms with Crippen LogP contribution >= 0.6 is 0 Å². The number of rotatable bonds is 0. The second-order valence-electron chi connectivity index (χ2n) is 5.13. The van der Waals surface area contributed by atoms with Gasteiger partial charge >= 0.3 is 6.18 Å². The highest BCUT2D eigenvalue weighted by atomic mass is 19.4. The van der Waals surface area contributed by atoms with E-state index in [0.717, 1.165) is 4.57 Å². The van der Waals surface area contributed by atoms with Crippen LogP contribution in [0.25, 0.3) is 0 Å². The van der Waals surface area contributed by atoms with Crippen molar-refractivity contribution in [1.82, 2.24) is 25.0 Å².